The van der Waals surface area contributed by atoms with E-state index in [0.29, 0.717) is 0 Å². The van der Waals surface area contributed by atoms with Crippen LogP contribution in [0.5, 0.6) is 0 Å². The summed E-state index contributed by atoms with van der Waals surface area (Å²) in [7, 11) is 0. The molecule has 2 aromatic rings. The van der Waals surface area contributed by atoms with Gasteiger partial charge >= 0.3 is 5.97 Å². The highest BCUT2D eigenvalue weighted by molar-refractivity contribution is 7.15. The number of carbonyl (C=O) groups is 1. The minimum Gasteiger partial charge on any atom is -0.476 e. The zero-order valence-corrected chi connectivity index (χ0v) is 12.3. The van der Waals surface area contributed by atoms with Crippen molar-refractivity contribution in [2.75, 3.05) is 11.4 Å². The molecule has 0 unspecified atom stereocenters. The van der Waals surface area contributed by atoms with Crippen molar-refractivity contribution in [3.05, 3.63) is 39.9 Å². The number of thiazole rings is 1. The van der Waals surface area contributed by atoms with Crippen LogP contribution in [0.1, 0.15) is 32.9 Å². The van der Waals surface area contributed by atoms with E-state index in [2.05, 4.69) is 35.0 Å². The number of hydrogen-bond acceptors (Lipinski definition) is 4. The molecule has 0 saturated carbocycles. The van der Waals surface area contributed by atoms with Crippen molar-refractivity contribution in [2.45, 2.75) is 26.7 Å². The van der Waals surface area contributed by atoms with E-state index in [1.54, 1.807) is 0 Å². The SMILES string of the molecule is Cc1ccc2c(c1)CCCN2c1nc(C(=O)O)c(C)s1. The van der Waals surface area contributed by atoms with Crippen LogP contribution in [0.15, 0.2) is 18.2 Å². The number of hydrogen-bond donors (Lipinski definition) is 1. The lowest BCUT2D eigenvalue weighted by Crippen LogP contribution is -2.24. The normalized spacial score (nSPS) is 14.2. The monoisotopic (exact) mass is 288 g/mol. The maximum atomic E-state index is 11.1. The van der Waals surface area contributed by atoms with Gasteiger partial charge in [0, 0.05) is 17.1 Å². The number of aryl methyl sites for hydroxylation is 3. The van der Waals surface area contributed by atoms with Crippen LogP contribution < -0.4 is 4.90 Å². The highest BCUT2D eigenvalue weighted by Gasteiger charge is 2.23. The summed E-state index contributed by atoms with van der Waals surface area (Å²) in [4.78, 5) is 18.3. The topological polar surface area (TPSA) is 53.4 Å². The van der Waals surface area contributed by atoms with E-state index < -0.39 is 5.97 Å². The predicted molar refractivity (Wildman–Crippen MR) is 80.3 cm³/mol. The third-order valence-electron chi connectivity index (χ3n) is 3.57. The number of carboxylic acids is 1. The maximum absolute atomic E-state index is 11.1. The van der Waals surface area contributed by atoms with Crippen LogP contribution in [0, 0.1) is 13.8 Å². The molecule has 104 valence electrons. The molecule has 0 bridgehead atoms. The first kappa shape index (κ1) is 13.1. The summed E-state index contributed by atoms with van der Waals surface area (Å²) < 4.78 is 0. The number of carboxylic acid groups (broad SMARTS) is 1. The van der Waals surface area contributed by atoms with Crippen molar-refractivity contribution in [2.24, 2.45) is 0 Å². The molecule has 0 saturated heterocycles. The van der Waals surface area contributed by atoms with Gasteiger partial charge in [-0.3, -0.25) is 0 Å². The Morgan fingerprint density at radius 3 is 2.90 bits per heavy atom. The fourth-order valence-electron chi connectivity index (χ4n) is 2.62. The number of rotatable bonds is 2. The average molecular weight is 288 g/mol. The van der Waals surface area contributed by atoms with Crippen molar-refractivity contribution >= 4 is 28.1 Å². The van der Waals surface area contributed by atoms with Crippen molar-refractivity contribution in [3.63, 3.8) is 0 Å². The molecule has 0 fully saturated rings. The molecular formula is C15H16N2O2S. The second-order valence-corrected chi connectivity index (χ2v) is 6.28. The van der Waals surface area contributed by atoms with Gasteiger partial charge in [0.05, 0.1) is 0 Å². The molecule has 0 radical (unpaired) electrons. The summed E-state index contributed by atoms with van der Waals surface area (Å²) in [6.07, 6.45) is 2.14. The van der Waals surface area contributed by atoms with E-state index in [-0.39, 0.29) is 5.69 Å². The van der Waals surface area contributed by atoms with E-state index in [1.165, 1.54) is 22.5 Å². The van der Waals surface area contributed by atoms with Crippen LogP contribution in [0.4, 0.5) is 10.8 Å². The molecular weight excluding hydrogens is 272 g/mol. The van der Waals surface area contributed by atoms with Crippen LogP contribution in [0.25, 0.3) is 0 Å². The molecule has 0 amide bonds. The van der Waals surface area contributed by atoms with E-state index >= 15 is 0 Å². The van der Waals surface area contributed by atoms with E-state index in [0.717, 1.165) is 35.1 Å². The van der Waals surface area contributed by atoms with Gasteiger partial charge < -0.3 is 10.0 Å². The minimum absolute atomic E-state index is 0.171. The lowest BCUT2D eigenvalue weighted by Gasteiger charge is -2.29. The first-order valence-corrected chi connectivity index (χ1v) is 7.45. The largest absolute Gasteiger partial charge is 0.476 e. The third-order valence-corrected chi connectivity index (χ3v) is 4.57. The molecule has 2 heterocycles. The van der Waals surface area contributed by atoms with Crippen LogP contribution in [0.2, 0.25) is 0 Å². The lowest BCUT2D eigenvalue weighted by molar-refractivity contribution is 0.0690. The zero-order valence-electron chi connectivity index (χ0n) is 11.5. The van der Waals surface area contributed by atoms with E-state index in [9.17, 15) is 4.79 Å². The molecule has 1 aromatic heterocycles. The first-order chi connectivity index (χ1) is 9.56. The van der Waals surface area contributed by atoms with E-state index in [1.807, 2.05) is 6.92 Å². The minimum atomic E-state index is -0.953. The van der Waals surface area contributed by atoms with Gasteiger partial charge in [-0.1, -0.05) is 17.7 Å². The van der Waals surface area contributed by atoms with Crippen LogP contribution >= 0.6 is 11.3 Å². The first-order valence-electron chi connectivity index (χ1n) is 6.64. The number of aromatic carboxylic acids is 1. The van der Waals surface area contributed by atoms with Gasteiger partial charge in [0.1, 0.15) is 0 Å². The quantitative estimate of drug-likeness (QED) is 0.918. The Labute approximate surface area is 121 Å². The molecule has 5 heteroatoms. The second kappa shape index (κ2) is 4.90. The molecule has 1 aliphatic heterocycles. The Bertz CT molecular complexity index is 679. The van der Waals surface area contributed by atoms with Gasteiger partial charge in [-0.25, -0.2) is 9.78 Å². The Morgan fingerprint density at radius 1 is 1.40 bits per heavy atom. The zero-order chi connectivity index (χ0) is 14.3. The lowest BCUT2D eigenvalue weighted by atomic mass is 10.00. The second-order valence-electron chi connectivity index (χ2n) is 5.09. The molecule has 1 aliphatic rings. The molecule has 20 heavy (non-hydrogen) atoms. The molecule has 1 aromatic carbocycles. The summed E-state index contributed by atoms with van der Waals surface area (Å²) in [5.41, 5.74) is 3.91. The standard InChI is InChI=1S/C15H16N2O2S/c1-9-5-6-12-11(8-9)4-3-7-17(12)15-16-13(14(18)19)10(2)20-15/h5-6,8H,3-4,7H2,1-2H3,(H,18,19). The summed E-state index contributed by atoms with van der Waals surface area (Å²) in [5.74, 6) is -0.953. The van der Waals surface area contributed by atoms with Crippen molar-refractivity contribution in [3.8, 4) is 0 Å². The maximum Gasteiger partial charge on any atom is 0.355 e. The summed E-state index contributed by atoms with van der Waals surface area (Å²) in [6, 6.07) is 6.41. The highest BCUT2D eigenvalue weighted by atomic mass is 32.1. The molecule has 1 N–H and O–H groups in total. The van der Waals surface area contributed by atoms with Crippen LogP contribution in [-0.4, -0.2) is 22.6 Å². The Balaban J connectivity index is 2.04. The highest BCUT2D eigenvalue weighted by Crippen LogP contribution is 2.37. The summed E-state index contributed by atoms with van der Waals surface area (Å²) >= 11 is 1.45. The number of fused-ring (bicyclic) bond motifs is 1. The fourth-order valence-corrected chi connectivity index (χ4v) is 3.56. The van der Waals surface area contributed by atoms with Crippen molar-refractivity contribution < 1.29 is 9.90 Å². The van der Waals surface area contributed by atoms with Gasteiger partial charge in [-0.2, -0.15) is 0 Å². The number of nitrogens with zero attached hydrogens (tertiary/aromatic N) is 2. The number of benzene rings is 1. The van der Waals surface area contributed by atoms with Gasteiger partial charge in [0.2, 0.25) is 0 Å². The molecule has 0 atom stereocenters. The van der Waals surface area contributed by atoms with Gasteiger partial charge in [-0.05, 0) is 38.3 Å². The third kappa shape index (κ3) is 2.18. The van der Waals surface area contributed by atoms with Crippen molar-refractivity contribution in [1.82, 2.24) is 4.98 Å². The molecule has 4 nitrogen and oxygen atoms in total. The molecule has 0 aliphatic carbocycles. The number of aromatic nitrogens is 1. The molecule has 3 rings (SSSR count). The van der Waals surface area contributed by atoms with Crippen LogP contribution in [-0.2, 0) is 6.42 Å². The summed E-state index contributed by atoms with van der Waals surface area (Å²) in [5, 5.41) is 9.92. The smallest absolute Gasteiger partial charge is 0.355 e. The summed E-state index contributed by atoms with van der Waals surface area (Å²) in [6.45, 7) is 4.79. The predicted octanol–water partition coefficient (Wildman–Crippen LogP) is 3.54. The Hall–Kier alpha value is -1.88. The fraction of sp³-hybridized carbons (Fsp3) is 0.333. The van der Waals surface area contributed by atoms with Crippen LogP contribution in [0.3, 0.4) is 0 Å². The molecule has 0 spiro atoms. The average Bonchev–Trinajstić information content (AvgIpc) is 2.79. The van der Waals surface area contributed by atoms with Gasteiger partial charge in [0.15, 0.2) is 10.8 Å². The Morgan fingerprint density at radius 2 is 2.20 bits per heavy atom. The van der Waals surface area contributed by atoms with Crippen molar-refractivity contribution in [1.29, 1.82) is 0 Å². The number of anilines is 2. The van der Waals surface area contributed by atoms with Gasteiger partial charge in [0.25, 0.3) is 0 Å². The van der Waals surface area contributed by atoms with Gasteiger partial charge in [-0.15, -0.1) is 11.3 Å². The Kier molecular flexibility index (Phi) is 3.22. The van der Waals surface area contributed by atoms with E-state index in [4.69, 9.17) is 5.11 Å².